The Bertz CT molecular complexity index is 1320. The average molecular weight is 492 g/mol. The molecule has 0 amide bonds. The number of aromatic nitrogens is 5. The fourth-order valence-electron chi connectivity index (χ4n) is 4.69. The van der Waals surface area contributed by atoms with Gasteiger partial charge in [-0.25, -0.2) is 28.7 Å². The highest BCUT2D eigenvalue weighted by Gasteiger charge is 2.35. The van der Waals surface area contributed by atoms with Crippen molar-refractivity contribution >= 4 is 34.2 Å². The second-order valence-electron chi connectivity index (χ2n) is 9.20. The number of H-pyrrole nitrogens is 1. The van der Waals surface area contributed by atoms with Crippen LogP contribution in [0.25, 0.3) is 22.3 Å². The number of piperidine rings is 1. The Morgan fingerprint density at radius 2 is 1.56 bits per heavy atom. The summed E-state index contributed by atoms with van der Waals surface area (Å²) in [6, 6.07) is 9.99. The molecule has 4 aromatic rings. The van der Waals surface area contributed by atoms with E-state index in [2.05, 4.69) is 40.5 Å². The van der Waals surface area contributed by atoms with Gasteiger partial charge < -0.3 is 25.4 Å². The van der Waals surface area contributed by atoms with Crippen molar-refractivity contribution in [1.82, 2.24) is 30.2 Å². The molecule has 6 rings (SSSR count). The summed E-state index contributed by atoms with van der Waals surface area (Å²) in [5, 5.41) is 7.50. The fraction of sp³-hybridized carbons (Fsp3) is 0.360. The second kappa shape index (κ2) is 9.30. The summed E-state index contributed by atoms with van der Waals surface area (Å²) >= 11 is 0. The minimum absolute atomic E-state index is 0.159. The Labute approximate surface area is 207 Å². The fourth-order valence-corrected chi connectivity index (χ4v) is 4.69. The predicted molar refractivity (Wildman–Crippen MR) is 136 cm³/mol. The smallest absolute Gasteiger partial charge is 0.251 e. The summed E-state index contributed by atoms with van der Waals surface area (Å²) in [6.07, 6.45) is 4.76. The van der Waals surface area contributed by atoms with Crippen molar-refractivity contribution in [3.05, 3.63) is 49.1 Å². The van der Waals surface area contributed by atoms with Crippen molar-refractivity contribution < 1.29 is 8.78 Å². The molecule has 36 heavy (non-hydrogen) atoms. The Morgan fingerprint density at radius 1 is 0.833 bits per heavy atom. The number of benzene rings is 1. The van der Waals surface area contributed by atoms with Crippen LogP contribution in [0.3, 0.4) is 0 Å². The quantitative estimate of drug-likeness (QED) is 0.388. The van der Waals surface area contributed by atoms with Gasteiger partial charge in [0.15, 0.2) is 0 Å². The molecule has 0 bridgehead atoms. The second-order valence-corrected chi connectivity index (χ2v) is 9.20. The Balaban J connectivity index is 1.16. The predicted octanol–water partition coefficient (Wildman–Crippen LogP) is 3.80. The van der Waals surface area contributed by atoms with Crippen LogP contribution < -0.4 is 20.4 Å². The third-order valence-corrected chi connectivity index (χ3v) is 6.72. The lowest BCUT2D eigenvalue weighted by Gasteiger charge is -2.32. The standard InChI is InChI=1S/C25H27F2N9/c26-25(27)5-9-35(10-6-25)23-20-13-21(34-22(20)31-16-32-23)17-1-3-18(4-2-17)33-19-14-29-24(30-15-19)36-11-7-28-8-12-36/h1-4,13-16,28,33H,5-12H2,(H,31,32,34). The van der Waals surface area contributed by atoms with Gasteiger partial charge in [-0.15, -0.1) is 0 Å². The molecule has 5 heterocycles. The van der Waals surface area contributed by atoms with E-state index in [9.17, 15) is 8.78 Å². The van der Waals surface area contributed by atoms with Crippen molar-refractivity contribution in [2.24, 2.45) is 0 Å². The molecule has 3 aromatic heterocycles. The summed E-state index contributed by atoms with van der Waals surface area (Å²) < 4.78 is 27.2. The Morgan fingerprint density at radius 3 is 2.28 bits per heavy atom. The first-order valence-corrected chi connectivity index (χ1v) is 12.2. The Kier molecular flexibility index (Phi) is 5.84. The number of rotatable bonds is 5. The van der Waals surface area contributed by atoms with E-state index in [1.165, 1.54) is 6.33 Å². The van der Waals surface area contributed by atoms with E-state index >= 15 is 0 Å². The van der Waals surface area contributed by atoms with Gasteiger partial charge >= 0.3 is 0 Å². The highest BCUT2D eigenvalue weighted by molar-refractivity contribution is 5.92. The van der Waals surface area contributed by atoms with Gasteiger partial charge in [0.1, 0.15) is 17.8 Å². The highest BCUT2D eigenvalue weighted by atomic mass is 19.3. The number of nitrogens with zero attached hydrogens (tertiary/aromatic N) is 6. The van der Waals surface area contributed by atoms with Crippen LogP contribution >= 0.6 is 0 Å². The van der Waals surface area contributed by atoms with Crippen molar-refractivity contribution in [1.29, 1.82) is 0 Å². The van der Waals surface area contributed by atoms with Gasteiger partial charge in [0, 0.05) is 63.5 Å². The molecule has 11 heteroatoms. The molecule has 2 fully saturated rings. The highest BCUT2D eigenvalue weighted by Crippen LogP contribution is 2.34. The lowest BCUT2D eigenvalue weighted by atomic mass is 10.1. The molecule has 0 saturated carbocycles. The van der Waals surface area contributed by atoms with Crippen LogP contribution in [-0.2, 0) is 0 Å². The monoisotopic (exact) mass is 491 g/mol. The molecule has 0 spiro atoms. The van der Waals surface area contributed by atoms with E-state index in [-0.39, 0.29) is 25.9 Å². The normalized spacial score (nSPS) is 17.9. The molecule has 0 radical (unpaired) electrons. The maximum atomic E-state index is 13.6. The first-order chi connectivity index (χ1) is 17.5. The number of fused-ring (bicyclic) bond motifs is 1. The van der Waals surface area contributed by atoms with Crippen LogP contribution in [-0.4, -0.2) is 70.1 Å². The lowest BCUT2D eigenvalue weighted by Crippen LogP contribution is -2.44. The van der Waals surface area contributed by atoms with Gasteiger partial charge in [-0.2, -0.15) is 0 Å². The summed E-state index contributed by atoms with van der Waals surface area (Å²) in [5.74, 6) is -1.15. The van der Waals surface area contributed by atoms with Crippen LogP contribution in [0.15, 0.2) is 49.1 Å². The molecular weight excluding hydrogens is 464 g/mol. The first-order valence-electron chi connectivity index (χ1n) is 12.2. The maximum absolute atomic E-state index is 13.6. The SMILES string of the molecule is FC1(F)CCN(c2ncnc3[nH]c(-c4ccc(Nc5cnc(N6CCNCC6)nc5)cc4)cc23)CC1. The zero-order chi connectivity index (χ0) is 24.5. The molecular formula is C25H27F2N9. The van der Waals surface area contributed by atoms with Gasteiger partial charge in [0.05, 0.1) is 23.5 Å². The summed E-state index contributed by atoms with van der Waals surface area (Å²) in [5.41, 5.74) is 4.31. The van der Waals surface area contributed by atoms with E-state index in [4.69, 9.17) is 0 Å². The molecule has 2 aliphatic heterocycles. The molecule has 9 nitrogen and oxygen atoms in total. The molecule has 0 unspecified atom stereocenters. The largest absolute Gasteiger partial charge is 0.356 e. The number of piperazine rings is 1. The van der Waals surface area contributed by atoms with E-state index in [1.54, 1.807) is 12.4 Å². The molecule has 0 atom stereocenters. The summed E-state index contributed by atoms with van der Waals surface area (Å²) in [6.45, 7) is 4.25. The zero-order valence-electron chi connectivity index (χ0n) is 19.7. The van der Waals surface area contributed by atoms with Crippen molar-refractivity contribution in [3.63, 3.8) is 0 Å². The number of halogens is 2. The maximum Gasteiger partial charge on any atom is 0.251 e. The zero-order valence-corrected chi connectivity index (χ0v) is 19.7. The van der Waals surface area contributed by atoms with E-state index in [0.717, 1.165) is 60.1 Å². The number of nitrogens with one attached hydrogen (secondary N) is 3. The van der Waals surface area contributed by atoms with Gasteiger partial charge in [0.25, 0.3) is 5.92 Å². The Hall–Kier alpha value is -3.86. The van der Waals surface area contributed by atoms with E-state index < -0.39 is 5.92 Å². The number of hydrogen-bond acceptors (Lipinski definition) is 8. The van der Waals surface area contributed by atoms with Crippen molar-refractivity contribution in [3.8, 4) is 11.3 Å². The van der Waals surface area contributed by atoms with Crippen LogP contribution in [0.2, 0.25) is 0 Å². The van der Waals surface area contributed by atoms with Crippen molar-refractivity contribution in [2.75, 3.05) is 54.4 Å². The van der Waals surface area contributed by atoms with Gasteiger partial charge in [0.2, 0.25) is 5.95 Å². The average Bonchev–Trinajstić information content (AvgIpc) is 3.35. The van der Waals surface area contributed by atoms with E-state index in [0.29, 0.717) is 11.5 Å². The van der Waals surface area contributed by atoms with E-state index in [1.807, 2.05) is 35.2 Å². The molecule has 0 aliphatic carbocycles. The van der Waals surface area contributed by atoms with Gasteiger partial charge in [-0.3, -0.25) is 0 Å². The van der Waals surface area contributed by atoms with Gasteiger partial charge in [-0.1, -0.05) is 12.1 Å². The number of aromatic amines is 1. The van der Waals surface area contributed by atoms with Crippen molar-refractivity contribution in [2.45, 2.75) is 18.8 Å². The topological polar surface area (TPSA) is 97.9 Å². The summed E-state index contributed by atoms with van der Waals surface area (Å²) in [7, 11) is 0. The summed E-state index contributed by atoms with van der Waals surface area (Å²) in [4.78, 5) is 25.2. The minimum atomic E-state index is -2.60. The molecule has 1 aromatic carbocycles. The number of hydrogen-bond donors (Lipinski definition) is 3. The molecule has 2 saturated heterocycles. The van der Waals surface area contributed by atoms with Crippen LogP contribution in [0.4, 0.5) is 31.9 Å². The molecule has 3 N–H and O–H groups in total. The van der Waals surface area contributed by atoms with Gasteiger partial charge in [-0.05, 0) is 23.8 Å². The number of alkyl halides is 2. The molecule has 2 aliphatic rings. The number of anilines is 4. The van der Waals surface area contributed by atoms with Crippen LogP contribution in [0.5, 0.6) is 0 Å². The van der Waals surface area contributed by atoms with Crippen LogP contribution in [0, 0.1) is 0 Å². The third-order valence-electron chi connectivity index (χ3n) is 6.72. The molecule has 186 valence electrons. The lowest BCUT2D eigenvalue weighted by molar-refractivity contribution is -0.0221. The third kappa shape index (κ3) is 4.66. The van der Waals surface area contributed by atoms with Crippen LogP contribution in [0.1, 0.15) is 12.8 Å². The minimum Gasteiger partial charge on any atom is -0.356 e. The first kappa shape index (κ1) is 22.6.